The number of aromatic nitrogens is 2. The van der Waals surface area contributed by atoms with Crippen molar-refractivity contribution in [3.05, 3.63) is 28.9 Å². The fourth-order valence-electron chi connectivity index (χ4n) is 2.06. The van der Waals surface area contributed by atoms with Crippen molar-refractivity contribution in [1.29, 1.82) is 0 Å². The van der Waals surface area contributed by atoms with E-state index < -0.39 is 0 Å². The Morgan fingerprint density at radius 1 is 1.26 bits per heavy atom. The molecule has 0 bridgehead atoms. The van der Waals surface area contributed by atoms with Gasteiger partial charge in [0.15, 0.2) is 5.82 Å². The van der Waals surface area contributed by atoms with Crippen LogP contribution in [0.5, 0.6) is 0 Å². The molecule has 0 aliphatic heterocycles. The third-order valence-electron chi connectivity index (χ3n) is 3.24. The number of benzene rings is 1. The van der Waals surface area contributed by atoms with Gasteiger partial charge in [-0.25, -0.2) is 0 Å². The third-order valence-corrected chi connectivity index (χ3v) is 3.73. The highest BCUT2D eigenvalue weighted by Crippen LogP contribution is 2.23. The molecule has 1 aromatic heterocycles. The van der Waals surface area contributed by atoms with Gasteiger partial charge in [-0.15, -0.1) is 5.10 Å². The molecular formula is C14H19BrN4. The second kappa shape index (κ2) is 6.82. The molecule has 0 aliphatic carbocycles. The van der Waals surface area contributed by atoms with Gasteiger partial charge in [0.2, 0.25) is 0 Å². The van der Waals surface area contributed by atoms with E-state index in [1.165, 1.54) is 0 Å². The van der Waals surface area contributed by atoms with Gasteiger partial charge in [-0.05, 0) is 31.3 Å². The molecule has 1 heterocycles. The van der Waals surface area contributed by atoms with Crippen LogP contribution in [0.1, 0.15) is 13.8 Å². The molecule has 0 saturated heterocycles. The Morgan fingerprint density at radius 3 is 2.79 bits per heavy atom. The van der Waals surface area contributed by atoms with Gasteiger partial charge in [0.25, 0.3) is 0 Å². The van der Waals surface area contributed by atoms with E-state index in [0.717, 1.165) is 47.2 Å². The maximum absolute atomic E-state index is 4.19. The fraction of sp³-hybridized carbons (Fsp3) is 0.429. The zero-order chi connectivity index (χ0) is 13.7. The van der Waals surface area contributed by atoms with E-state index in [-0.39, 0.29) is 0 Å². The lowest BCUT2D eigenvalue weighted by atomic mass is 10.2. The first kappa shape index (κ1) is 14.2. The Hall–Kier alpha value is -1.20. The molecule has 0 fully saturated rings. The first-order chi connectivity index (χ1) is 9.24. The lowest BCUT2D eigenvalue weighted by Crippen LogP contribution is -2.28. The van der Waals surface area contributed by atoms with Gasteiger partial charge in [0.05, 0.1) is 6.20 Å². The standard InChI is InChI=1S/C14H19BrN4/c1-3-19(4-2)8-7-16-14-13-6-5-12(15)9-11(13)10-17-18-14/h5-6,9-10H,3-4,7-8H2,1-2H3,(H,16,18). The number of nitrogens with zero attached hydrogens (tertiary/aromatic N) is 3. The molecular weight excluding hydrogens is 304 g/mol. The zero-order valence-corrected chi connectivity index (χ0v) is 12.9. The smallest absolute Gasteiger partial charge is 0.156 e. The number of rotatable bonds is 6. The summed E-state index contributed by atoms with van der Waals surface area (Å²) in [6.07, 6.45) is 1.79. The summed E-state index contributed by atoms with van der Waals surface area (Å²) in [5.41, 5.74) is 0. The summed E-state index contributed by atoms with van der Waals surface area (Å²) in [5.74, 6) is 0.858. The summed E-state index contributed by atoms with van der Waals surface area (Å²) < 4.78 is 1.06. The van der Waals surface area contributed by atoms with E-state index >= 15 is 0 Å². The minimum atomic E-state index is 0.858. The minimum Gasteiger partial charge on any atom is -0.367 e. The molecule has 2 rings (SSSR count). The van der Waals surface area contributed by atoms with Gasteiger partial charge >= 0.3 is 0 Å². The van der Waals surface area contributed by atoms with Gasteiger partial charge < -0.3 is 10.2 Å². The fourth-order valence-corrected chi connectivity index (χ4v) is 2.44. The number of halogens is 1. The molecule has 0 radical (unpaired) electrons. The van der Waals surface area contributed by atoms with Crippen LogP contribution in [0.2, 0.25) is 0 Å². The van der Waals surface area contributed by atoms with Gasteiger partial charge in [-0.2, -0.15) is 5.10 Å². The predicted molar refractivity (Wildman–Crippen MR) is 83.5 cm³/mol. The molecule has 2 aromatic rings. The number of nitrogens with one attached hydrogen (secondary N) is 1. The van der Waals surface area contributed by atoms with Crippen molar-refractivity contribution >= 4 is 32.5 Å². The second-order valence-electron chi connectivity index (χ2n) is 4.38. The van der Waals surface area contributed by atoms with Crippen LogP contribution in [0.3, 0.4) is 0 Å². The van der Waals surface area contributed by atoms with Gasteiger partial charge in [0, 0.05) is 28.3 Å². The van der Waals surface area contributed by atoms with Crippen molar-refractivity contribution in [2.24, 2.45) is 0 Å². The number of hydrogen-bond donors (Lipinski definition) is 1. The molecule has 0 saturated carbocycles. The average molecular weight is 323 g/mol. The number of fused-ring (bicyclic) bond motifs is 1. The molecule has 102 valence electrons. The van der Waals surface area contributed by atoms with Crippen molar-refractivity contribution in [2.45, 2.75) is 13.8 Å². The van der Waals surface area contributed by atoms with E-state index in [1.807, 2.05) is 6.07 Å². The van der Waals surface area contributed by atoms with Crippen molar-refractivity contribution in [2.75, 3.05) is 31.5 Å². The Kier molecular flexibility index (Phi) is 5.10. The van der Waals surface area contributed by atoms with Gasteiger partial charge in [-0.3, -0.25) is 0 Å². The SMILES string of the molecule is CCN(CC)CCNc1nncc2cc(Br)ccc12. The molecule has 5 heteroatoms. The Bertz CT molecular complexity index is 540. The molecule has 0 unspecified atom stereocenters. The maximum Gasteiger partial charge on any atom is 0.156 e. The number of likely N-dealkylation sites (N-methyl/N-ethyl adjacent to an activating group) is 1. The molecule has 4 nitrogen and oxygen atoms in total. The van der Waals surface area contributed by atoms with Crippen LogP contribution >= 0.6 is 15.9 Å². The van der Waals surface area contributed by atoms with Crippen molar-refractivity contribution in [3.63, 3.8) is 0 Å². The summed E-state index contributed by atoms with van der Waals surface area (Å²) in [6, 6.07) is 6.15. The monoisotopic (exact) mass is 322 g/mol. The van der Waals surface area contributed by atoms with Gasteiger partial charge in [-0.1, -0.05) is 29.8 Å². The molecule has 0 amide bonds. The molecule has 0 spiro atoms. The quantitative estimate of drug-likeness (QED) is 0.887. The Labute approximate surface area is 122 Å². The summed E-state index contributed by atoms with van der Waals surface area (Å²) in [5, 5.41) is 13.8. The molecule has 1 N–H and O–H groups in total. The van der Waals surface area contributed by atoms with Crippen molar-refractivity contribution in [1.82, 2.24) is 15.1 Å². The van der Waals surface area contributed by atoms with Crippen molar-refractivity contribution < 1.29 is 0 Å². The van der Waals surface area contributed by atoms with Crippen LogP contribution in [0, 0.1) is 0 Å². The first-order valence-corrected chi connectivity index (χ1v) is 7.41. The number of hydrogen-bond acceptors (Lipinski definition) is 4. The van der Waals surface area contributed by atoms with Crippen LogP contribution in [0.4, 0.5) is 5.82 Å². The summed E-state index contributed by atoms with van der Waals surface area (Å²) >= 11 is 3.47. The molecule has 19 heavy (non-hydrogen) atoms. The Morgan fingerprint density at radius 2 is 2.05 bits per heavy atom. The van der Waals surface area contributed by atoms with Crippen LogP contribution < -0.4 is 5.32 Å². The van der Waals surface area contributed by atoms with E-state index in [0.29, 0.717) is 0 Å². The van der Waals surface area contributed by atoms with E-state index in [1.54, 1.807) is 6.20 Å². The molecule has 0 atom stereocenters. The average Bonchev–Trinajstić information content (AvgIpc) is 2.43. The van der Waals surface area contributed by atoms with Crippen LogP contribution in [-0.2, 0) is 0 Å². The highest BCUT2D eigenvalue weighted by molar-refractivity contribution is 9.10. The number of anilines is 1. The lowest BCUT2D eigenvalue weighted by molar-refractivity contribution is 0.316. The van der Waals surface area contributed by atoms with Crippen molar-refractivity contribution in [3.8, 4) is 0 Å². The summed E-state index contributed by atoms with van der Waals surface area (Å²) in [6.45, 7) is 8.41. The van der Waals surface area contributed by atoms with Crippen LogP contribution in [-0.4, -0.2) is 41.3 Å². The highest BCUT2D eigenvalue weighted by Gasteiger charge is 2.04. The minimum absolute atomic E-state index is 0.858. The molecule has 0 aliphatic rings. The summed E-state index contributed by atoms with van der Waals surface area (Å²) in [7, 11) is 0. The van der Waals surface area contributed by atoms with E-state index in [2.05, 4.69) is 62.3 Å². The second-order valence-corrected chi connectivity index (χ2v) is 5.29. The topological polar surface area (TPSA) is 41.0 Å². The van der Waals surface area contributed by atoms with Crippen LogP contribution in [0.25, 0.3) is 10.8 Å². The largest absolute Gasteiger partial charge is 0.367 e. The van der Waals surface area contributed by atoms with E-state index in [4.69, 9.17) is 0 Å². The van der Waals surface area contributed by atoms with Gasteiger partial charge in [0.1, 0.15) is 0 Å². The predicted octanol–water partition coefficient (Wildman–Crippen LogP) is 3.15. The lowest BCUT2D eigenvalue weighted by Gasteiger charge is -2.18. The first-order valence-electron chi connectivity index (χ1n) is 6.61. The van der Waals surface area contributed by atoms with Crippen LogP contribution in [0.15, 0.2) is 28.9 Å². The zero-order valence-electron chi connectivity index (χ0n) is 11.4. The summed E-state index contributed by atoms with van der Waals surface area (Å²) in [4.78, 5) is 2.38. The highest BCUT2D eigenvalue weighted by atomic mass is 79.9. The molecule has 1 aromatic carbocycles. The Balaban J connectivity index is 2.08. The third kappa shape index (κ3) is 3.64. The normalized spacial score (nSPS) is 11.2. The van der Waals surface area contributed by atoms with E-state index in [9.17, 15) is 0 Å². The maximum atomic E-state index is 4.19.